The lowest BCUT2D eigenvalue weighted by Gasteiger charge is -2.15. The van der Waals surface area contributed by atoms with Crippen molar-refractivity contribution in [3.05, 3.63) is 24.3 Å². The van der Waals surface area contributed by atoms with Gasteiger partial charge in [0.1, 0.15) is 0 Å². The average molecular weight is 229 g/mol. The summed E-state index contributed by atoms with van der Waals surface area (Å²) in [5, 5.41) is 12.1. The van der Waals surface area contributed by atoms with Gasteiger partial charge in [-0.05, 0) is 30.7 Å². The van der Waals surface area contributed by atoms with E-state index in [1.807, 2.05) is 6.92 Å². The third kappa shape index (κ3) is 3.62. The number of nitrogens with one attached hydrogen (secondary N) is 1. The first-order valence-electron chi connectivity index (χ1n) is 4.75. The van der Waals surface area contributed by atoms with Crippen LogP contribution in [0, 0.1) is 0 Å². The van der Waals surface area contributed by atoms with Crippen LogP contribution in [-0.2, 0) is 11.1 Å². The van der Waals surface area contributed by atoms with Crippen LogP contribution < -0.4 is 5.32 Å². The average Bonchev–Trinajstić information content (AvgIpc) is 2.26. The quantitative estimate of drug-likeness (QED) is 0.668. The number of aliphatic hydroxyl groups excluding tert-OH is 1. The van der Waals surface area contributed by atoms with E-state index in [9.17, 15) is 4.21 Å². The molecule has 0 aromatic heterocycles. The summed E-state index contributed by atoms with van der Waals surface area (Å²) in [6, 6.07) is 6.64. The summed E-state index contributed by atoms with van der Waals surface area (Å²) in [6.45, 7) is 2.05. The van der Waals surface area contributed by atoms with E-state index in [0.29, 0.717) is 4.90 Å². The molecule has 0 heterocycles. The molecule has 84 valence electrons. The minimum absolute atomic E-state index is 0.0236. The Morgan fingerprint density at radius 1 is 1.40 bits per heavy atom. The van der Waals surface area contributed by atoms with E-state index >= 15 is 0 Å². The molecule has 0 saturated heterocycles. The van der Waals surface area contributed by atoms with Gasteiger partial charge in [-0.15, -0.1) is 0 Å². The first-order valence-corrected chi connectivity index (χ1v) is 5.86. The Balaban J connectivity index is 2.67. The maximum absolute atomic E-state index is 10.7. The van der Waals surface area contributed by atoms with E-state index in [4.69, 9.17) is 9.66 Å². The highest BCUT2D eigenvalue weighted by Gasteiger charge is 2.04. The number of rotatable bonds is 5. The number of anilines is 1. The Labute approximate surface area is 91.6 Å². The van der Waals surface area contributed by atoms with Gasteiger partial charge in [-0.1, -0.05) is 6.92 Å². The summed E-state index contributed by atoms with van der Waals surface area (Å²) in [7, 11) is 0. The van der Waals surface area contributed by atoms with Crippen molar-refractivity contribution in [3.8, 4) is 0 Å². The van der Waals surface area contributed by atoms with Crippen LogP contribution in [0.25, 0.3) is 0 Å². The van der Waals surface area contributed by atoms with Crippen molar-refractivity contribution in [1.29, 1.82) is 0 Å². The molecule has 3 N–H and O–H groups in total. The highest BCUT2D eigenvalue weighted by atomic mass is 32.2. The minimum Gasteiger partial charge on any atom is -0.394 e. The summed E-state index contributed by atoms with van der Waals surface area (Å²) < 4.78 is 19.5. The molecule has 0 spiro atoms. The SMILES string of the molecule is CCC(CO)Nc1ccc(S(=O)O)cc1. The van der Waals surface area contributed by atoms with Crippen molar-refractivity contribution in [2.45, 2.75) is 24.3 Å². The van der Waals surface area contributed by atoms with E-state index in [2.05, 4.69) is 5.32 Å². The molecule has 1 aromatic carbocycles. The first-order chi connectivity index (χ1) is 7.17. The summed E-state index contributed by atoms with van der Waals surface area (Å²) in [5.74, 6) is 0. The molecule has 0 radical (unpaired) electrons. The molecule has 5 heteroatoms. The van der Waals surface area contributed by atoms with Crippen LogP contribution in [-0.4, -0.2) is 26.5 Å². The van der Waals surface area contributed by atoms with Crippen LogP contribution in [0.4, 0.5) is 5.69 Å². The lowest BCUT2D eigenvalue weighted by molar-refractivity contribution is 0.272. The fraction of sp³-hybridized carbons (Fsp3) is 0.400. The third-order valence-corrected chi connectivity index (χ3v) is 2.82. The van der Waals surface area contributed by atoms with E-state index in [1.54, 1.807) is 24.3 Å². The zero-order valence-corrected chi connectivity index (χ0v) is 9.33. The maximum Gasteiger partial charge on any atom is 0.186 e. The van der Waals surface area contributed by atoms with Gasteiger partial charge in [0.05, 0.1) is 11.5 Å². The number of aliphatic hydroxyl groups is 1. The molecule has 0 bridgehead atoms. The van der Waals surface area contributed by atoms with Crippen molar-refractivity contribution in [1.82, 2.24) is 0 Å². The second kappa shape index (κ2) is 5.85. The van der Waals surface area contributed by atoms with Crippen LogP contribution >= 0.6 is 0 Å². The molecule has 4 nitrogen and oxygen atoms in total. The molecule has 0 aliphatic carbocycles. The van der Waals surface area contributed by atoms with Gasteiger partial charge in [-0.2, -0.15) is 0 Å². The molecular formula is C10H15NO3S. The van der Waals surface area contributed by atoms with E-state index in [-0.39, 0.29) is 12.6 Å². The van der Waals surface area contributed by atoms with Gasteiger partial charge in [0.2, 0.25) is 0 Å². The van der Waals surface area contributed by atoms with Crippen LogP contribution in [0.1, 0.15) is 13.3 Å². The second-order valence-electron chi connectivity index (χ2n) is 3.21. The van der Waals surface area contributed by atoms with Crippen molar-refractivity contribution >= 4 is 16.8 Å². The first kappa shape index (κ1) is 12.2. The van der Waals surface area contributed by atoms with E-state index in [0.717, 1.165) is 12.1 Å². The van der Waals surface area contributed by atoms with Gasteiger partial charge in [-0.3, -0.25) is 0 Å². The van der Waals surface area contributed by atoms with Gasteiger partial charge in [0.25, 0.3) is 0 Å². The van der Waals surface area contributed by atoms with Gasteiger partial charge >= 0.3 is 0 Å². The molecule has 0 aliphatic heterocycles. The number of hydrogen-bond acceptors (Lipinski definition) is 3. The normalized spacial score (nSPS) is 14.6. The van der Waals surface area contributed by atoms with Gasteiger partial charge in [0, 0.05) is 11.7 Å². The molecule has 0 aliphatic rings. The maximum atomic E-state index is 10.7. The molecule has 2 atom stereocenters. The molecular weight excluding hydrogens is 214 g/mol. The Kier molecular flexibility index (Phi) is 4.74. The highest BCUT2D eigenvalue weighted by molar-refractivity contribution is 7.79. The standard InChI is InChI=1S/C10H15NO3S/c1-2-8(7-12)11-9-3-5-10(6-4-9)15(13)14/h3-6,8,11-12H,2,7H2,1H3,(H,13,14). The Hall–Kier alpha value is -0.910. The Morgan fingerprint density at radius 2 is 2.00 bits per heavy atom. The van der Waals surface area contributed by atoms with Crippen LogP contribution in [0.15, 0.2) is 29.2 Å². The van der Waals surface area contributed by atoms with E-state index in [1.165, 1.54) is 0 Å². The van der Waals surface area contributed by atoms with Crippen LogP contribution in [0.2, 0.25) is 0 Å². The summed E-state index contributed by atoms with van der Waals surface area (Å²) >= 11 is -1.93. The monoisotopic (exact) mass is 229 g/mol. The molecule has 1 rings (SSSR count). The summed E-state index contributed by atoms with van der Waals surface area (Å²) in [6.07, 6.45) is 0.824. The predicted octanol–water partition coefficient (Wildman–Crippen LogP) is 1.45. The lowest BCUT2D eigenvalue weighted by atomic mass is 10.2. The molecule has 2 unspecified atom stereocenters. The second-order valence-corrected chi connectivity index (χ2v) is 4.18. The number of hydrogen-bond donors (Lipinski definition) is 3. The Morgan fingerprint density at radius 3 is 2.40 bits per heavy atom. The Bertz CT molecular complexity index is 322. The molecule has 0 amide bonds. The topological polar surface area (TPSA) is 69.6 Å². The number of benzene rings is 1. The summed E-state index contributed by atoms with van der Waals surface area (Å²) in [4.78, 5) is 0.373. The smallest absolute Gasteiger partial charge is 0.186 e. The minimum atomic E-state index is -1.93. The van der Waals surface area contributed by atoms with Gasteiger partial charge < -0.3 is 15.0 Å². The van der Waals surface area contributed by atoms with E-state index < -0.39 is 11.1 Å². The van der Waals surface area contributed by atoms with Crippen LogP contribution in [0.5, 0.6) is 0 Å². The van der Waals surface area contributed by atoms with Crippen molar-refractivity contribution in [2.75, 3.05) is 11.9 Å². The van der Waals surface area contributed by atoms with Crippen LogP contribution in [0.3, 0.4) is 0 Å². The molecule has 0 fully saturated rings. The predicted molar refractivity (Wildman–Crippen MR) is 60.3 cm³/mol. The molecule has 1 aromatic rings. The summed E-state index contributed by atoms with van der Waals surface area (Å²) in [5.41, 5.74) is 0.838. The van der Waals surface area contributed by atoms with Gasteiger partial charge in [-0.25, -0.2) is 4.21 Å². The van der Waals surface area contributed by atoms with Crippen molar-refractivity contribution in [2.24, 2.45) is 0 Å². The lowest BCUT2D eigenvalue weighted by Crippen LogP contribution is -2.22. The zero-order chi connectivity index (χ0) is 11.3. The van der Waals surface area contributed by atoms with Crippen molar-refractivity contribution in [3.63, 3.8) is 0 Å². The zero-order valence-electron chi connectivity index (χ0n) is 8.51. The van der Waals surface area contributed by atoms with Crippen molar-refractivity contribution < 1.29 is 13.9 Å². The highest BCUT2D eigenvalue weighted by Crippen LogP contribution is 2.13. The molecule has 15 heavy (non-hydrogen) atoms. The largest absolute Gasteiger partial charge is 0.394 e. The third-order valence-electron chi connectivity index (χ3n) is 2.14. The van der Waals surface area contributed by atoms with Gasteiger partial charge in [0.15, 0.2) is 11.1 Å². The fourth-order valence-corrected chi connectivity index (χ4v) is 1.55. The molecule has 0 saturated carbocycles. The fourth-order valence-electron chi connectivity index (χ4n) is 1.18.